The van der Waals surface area contributed by atoms with Gasteiger partial charge in [0.25, 0.3) is 0 Å². The number of nitrogens with zero attached hydrogens (tertiary/aromatic N) is 1. The van der Waals surface area contributed by atoms with Crippen LogP contribution in [0.5, 0.6) is 5.75 Å². The molecule has 3 fully saturated rings. The molecule has 1 aromatic carbocycles. The Balaban J connectivity index is 1.30. The van der Waals surface area contributed by atoms with Crippen molar-refractivity contribution in [1.82, 2.24) is 9.62 Å². The van der Waals surface area contributed by atoms with E-state index in [-0.39, 0.29) is 22.8 Å². The number of carbonyl (C=O) groups excluding carboxylic acids is 1. The minimum atomic E-state index is -3.53. The molecule has 29 heavy (non-hydrogen) atoms. The number of ether oxygens (including phenoxy) is 1. The molecule has 0 radical (unpaired) electrons. The predicted octanol–water partition coefficient (Wildman–Crippen LogP) is 3.04. The van der Waals surface area contributed by atoms with Gasteiger partial charge >= 0.3 is 0 Å². The van der Waals surface area contributed by atoms with E-state index in [1.807, 2.05) is 0 Å². The monoisotopic (exact) mass is 420 g/mol. The summed E-state index contributed by atoms with van der Waals surface area (Å²) in [6.45, 7) is 2.91. The number of hydrogen-bond donors (Lipinski definition) is 1. The second-order valence-corrected chi connectivity index (χ2v) is 10.9. The minimum absolute atomic E-state index is 0.0987. The fourth-order valence-electron chi connectivity index (χ4n) is 5.61. The van der Waals surface area contributed by atoms with E-state index < -0.39 is 10.0 Å². The van der Waals surface area contributed by atoms with Crippen molar-refractivity contribution in [3.8, 4) is 5.75 Å². The lowest BCUT2D eigenvalue weighted by Gasteiger charge is -2.33. The van der Waals surface area contributed by atoms with Crippen molar-refractivity contribution in [2.24, 2.45) is 23.7 Å². The molecule has 160 valence electrons. The Hall–Kier alpha value is -1.60. The maximum absolute atomic E-state index is 12.9. The van der Waals surface area contributed by atoms with E-state index in [2.05, 4.69) is 12.2 Å². The number of sulfonamides is 1. The van der Waals surface area contributed by atoms with E-state index in [9.17, 15) is 13.2 Å². The molecule has 1 amide bonds. The quantitative estimate of drug-likeness (QED) is 0.768. The molecule has 1 N–H and O–H groups in total. The molecule has 2 bridgehead atoms. The van der Waals surface area contributed by atoms with Crippen LogP contribution in [0.1, 0.15) is 45.4 Å². The van der Waals surface area contributed by atoms with Crippen LogP contribution >= 0.6 is 0 Å². The fourth-order valence-corrected chi connectivity index (χ4v) is 7.08. The lowest BCUT2D eigenvalue weighted by Crippen LogP contribution is -2.47. The van der Waals surface area contributed by atoms with Gasteiger partial charge in [0.2, 0.25) is 15.9 Å². The number of methoxy groups -OCH3 is 1. The van der Waals surface area contributed by atoms with Crippen LogP contribution in [0.15, 0.2) is 29.2 Å². The van der Waals surface area contributed by atoms with Gasteiger partial charge in [0.15, 0.2) is 0 Å². The van der Waals surface area contributed by atoms with Crippen molar-refractivity contribution in [3.63, 3.8) is 0 Å². The van der Waals surface area contributed by atoms with Crippen LogP contribution < -0.4 is 10.1 Å². The summed E-state index contributed by atoms with van der Waals surface area (Å²) in [6, 6.07) is 6.68. The number of nitrogens with one attached hydrogen (secondary N) is 1. The highest BCUT2D eigenvalue weighted by molar-refractivity contribution is 7.89. The molecule has 3 aliphatic rings. The Kier molecular flexibility index (Phi) is 5.89. The average molecular weight is 421 g/mol. The molecule has 4 rings (SSSR count). The molecular formula is C22H32N2O4S. The number of amides is 1. The Labute approximate surface area is 174 Å². The van der Waals surface area contributed by atoms with Gasteiger partial charge in [-0.1, -0.05) is 6.42 Å². The number of benzene rings is 1. The lowest BCUT2D eigenvalue weighted by atomic mass is 9.83. The smallest absolute Gasteiger partial charge is 0.243 e. The first-order chi connectivity index (χ1) is 13.9. The Morgan fingerprint density at radius 1 is 1.10 bits per heavy atom. The third-order valence-corrected chi connectivity index (χ3v) is 9.24. The first kappa shape index (κ1) is 20.7. The largest absolute Gasteiger partial charge is 0.497 e. The van der Waals surface area contributed by atoms with Crippen LogP contribution in [-0.4, -0.2) is 44.9 Å². The average Bonchev–Trinajstić information content (AvgIpc) is 3.37. The maximum Gasteiger partial charge on any atom is 0.243 e. The maximum atomic E-state index is 12.9. The third kappa shape index (κ3) is 4.17. The lowest BCUT2D eigenvalue weighted by molar-refractivity contribution is -0.127. The summed E-state index contributed by atoms with van der Waals surface area (Å²) in [5.41, 5.74) is 0. The molecule has 2 aliphatic carbocycles. The summed E-state index contributed by atoms with van der Waals surface area (Å²) < 4.78 is 32.3. The van der Waals surface area contributed by atoms with Gasteiger partial charge in [0.1, 0.15) is 5.75 Å². The van der Waals surface area contributed by atoms with Gasteiger partial charge in [-0.15, -0.1) is 0 Å². The molecule has 0 aromatic heterocycles. The Morgan fingerprint density at radius 2 is 1.79 bits per heavy atom. The summed E-state index contributed by atoms with van der Waals surface area (Å²) in [5.74, 6) is 2.90. The molecule has 7 heteroatoms. The second kappa shape index (κ2) is 8.26. The first-order valence-electron chi connectivity index (χ1n) is 10.8. The van der Waals surface area contributed by atoms with Crippen LogP contribution in [0.25, 0.3) is 0 Å². The van der Waals surface area contributed by atoms with Gasteiger partial charge < -0.3 is 10.1 Å². The zero-order valence-corrected chi connectivity index (χ0v) is 18.2. The molecule has 1 aromatic rings. The fraction of sp³-hybridized carbons (Fsp3) is 0.682. The SMILES string of the molecule is COc1ccc(S(=O)(=O)N2CCC(C(=O)N[C@H](C)[C@H]3C[C@H]4CC[C@H]3C4)CC2)cc1. The highest BCUT2D eigenvalue weighted by Crippen LogP contribution is 2.49. The molecule has 0 spiro atoms. The standard InChI is InChI=1S/C22H32N2O4S/c1-15(21-14-16-3-4-18(21)13-16)23-22(25)17-9-11-24(12-10-17)29(26,27)20-7-5-19(28-2)6-8-20/h5-8,15-18,21H,3-4,9-14H2,1-2H3,(H,23,25)/t15-,16+,18+,21-/m1/s1. The number of fused-ring (bicyclic) bond motifs is 2. The van der Waals surface area contributed by atoms with E-state index >= 15 is 0 Å². The molecule has 4 atom stereocenters. The van der Waals surface area contributed by atoms with Crippen LogP contribution in [-0.2, 0) is 14.8 Å². The summed E-state index contributed by atoms with van der Waals surface area (Å²) in [5, 5.41) is 3.25. The van der Waals surface area contributed by atoms with Crippen LogP contribution in [0.4, 0.5) is 0 Å². The third-order valence-electron chi connectivity index (χ3n) is 7.33. The van der Waals surface area contributed by atoms with Gasteiger partial charge in [-0.05, 0) is 81.0 Å². The summed E-state index contributed by atoms with van der Waals surface area (Å²) in [7, 11) is -1.98. The zero-order chi connectivity index (χ0) is 20.6. The van der Waals surface area contributed by atoms with Crippen molar-refractivity contribution < 1.29 is 17.9 Å². The van der Waals surface area contributed by atoms with Crippen molar-refractivity contribution in [1.29, 1.82) is 0 Å². The normalized spacial score (nSPS) is 29.0. The van der Waals surface area contributed by atoms with Crippen molar-refractivity contribution >= 4 is 15.9 Å². The van der Waals surface area contributed by atoms with Gasteiger partial charge in [-0.3, -0.25) is 4.79 Å². The topological polar surface area (TPSA) is 75.7 Å². The Bertz CT molecular complexity index is 831. The summed E-state index contributed by atoms with van der Waals surface area (Å²) in [6.07, 6.45) is 6.42. The van der Waals surface area contributed by atoms with Gasteiger partial charge in [0, 0.05) is 25.0 Å². The first-order valence-corrected chi connectivity index (χ1v) is 12.3. The van der Waals surface area contributed by atoms with Crippen molar-refractivity contribution in [2.75, 3.05) is 20.2 Å². The van der Waals surface area contributed by atoms with Crippen molar-refractivity contribution in [2.45, 2.75) is 56.4 Å². The van der Waals surface area contributed by atoms with Gasteiger partial charge in [0.05, 0.1) is 12.0 Å². The summed E-state index contributed by atoms with van der Waals surface area (Å²) in [4.78, 5) is 13.0. The van der Waals surface area contributed by atoms with E-state index in [0.29, 0.717) is 37.6 Å². The van der Waals surface area contributed by atoms with Crippen molar-refractivity contribution in [3.05, 3.63) is 24.3 Å². The van der Waals surface area contributed by atoms with Crippen LogP contribution in [0, 0.1) is 23.7 Å². The van der Waals surface area contributed by atoms with Gasteiger partial charge in [-0.25, -0.2) is 8.42 Å². The highest BCUT2D eigenvalue weighted by Gasteiger charge is 2.42. The molecule has 1 aliphatic heterocycles. The minimum Gasteiger partial charge on any atom is -0.497 e. The van der Waals surface area contributed by atoms with Crippen LogP contribution in [0.2, 0.25) is 0 Å². The van der Waals surface area contributed by atoms with E-state index in [1.54, 1.807) is 31.4 Å². The van der Waals surface area contributed by atoms with Crippen LogP contribution in [0.3, 0.4) is 0 Å². The van der Waals surface area contributed by atoms with Gasteiger partial charge in [-0.2, -0.15) is 4.31 Å². The number of piperidine rings is 1. The second-order valence-electron chi connectivity index (χ2n) is 8.99. The molecular weight excluding hydrogens is 388 g/mol. The molecule has 6 nitrogen and oxygen atoms in total. The molecule has 2 saturated carbocycles. The highest BCUT2D eigenvalue weighted by atomic mass is 32.2. The zero-order valence-electron chi connectivity index (χ0n) is 17.3. The van der Waals surface area contributed by atoms with E-state index in [0.717, 1.165) is 11.8 Å². The molecule has 1 heterocycles. The summed E-state index contributed by atoms with van der Waals surface area (Å²) >= 11 is 0. The van der Waals surface area contributed by atoms with E-state index in [1.165, 1.54) is 30.0 Å². The molecule has 1 saturated heterocycles. The molecule has 0 unspecified atom stereocenters. The van der Waals surface area contributed by atoms with E-state index in [4.69, 9.17) is 4.74 Å². The number of rotatable bonds is 6. The Morgan fingerprint density at radius 3 is 2.34 bits per heavy atom. The number of hydrogen-bond acceptors (Lipinski definition) is 4. The number of carbonyl (C=O) groups is 1. The predicted molar refractivity (Wildman–Crippen MR) is 111 cm³/mol.